The number of carbonyl (C=O) groups excluding carboxylic acids is 1. The molecule has 0 saturated heterocycles. The zero-order valence-corrected chi connectivity index (χ0v) is 16.0. The highest BCUT2D eigenvalue weighted by atomic mass is 16.2. The number of nitrogens with one attached hydrogen (secondary N) is 1. The standard InChI is InChI=1S/C23H22N4O2/c28-22(25-24-15-17-9-3-1-4-10-17)21-19-13-7-8-14-20(19)23(29)27(26-21)16-18-11-5-2-6-12-18/h1-3,5-8,11-15,17H,4,9-10,16H2,(H,25,28)/b24-15-/t17-/m0/s1. The van der Waals surface area contributed by atoms with E-state index in [9.17, 15) is 9.59 Å². The lowest BCUT2D eigenvalue weighted by Gasteiger charge is -2.12. The average molecular weight is 386 g/mol. The number of benzene rings is 2. The number of fused-ring (bicyclic) bond motifs is 1. The van der Waals surface area contributed by atoms with Crippen LogP contribution in [0.5, 0.6) is 0 Å². The van der Waals surface area contributed by atoms with E-state index in [1.807, 2.05) is 30.3 Å². The Hall–Kier alpha value is -3.54. The van der Waals surface area contributed by atoms with E-state index in [1.165, 1.54) is 4.68 Å². The topological polar surface area (TPSA) is 76.3 Å². The van der Waals surface area contributed by atoms with Crippen LogP contribution in [0.3, 0.4) is 0 Å². The van der Waals surface area contributed by atoms with E-state index in [1.54, 1.807) is 30.5 Å². The summed E-state index contributed by atoms with van der Waals surface area (Å²) in [5.41, 5.74) is 3.48. The van der Waals surface area contributed by atoms with Gasteiger partial charge in [-0.25, -0.2) is 10.1 Å². The van der Waals surface area contributed by atoms with Crippen LogP contribution in [0.1, 0.15) is 35.3 Å². The minimum atomic E-state index is -0.425. The molecule has 6 heteroatoms. The van der Waals surface area contributed by atoms with Crippen LogP contribution in [0, 0.1) is 5.92 Å². The molecule has 4 rings (SSSR count). The molecule has 3 aromatic rings. The van der Waals surface area contributed by atoms with Gasteiger partial charge in [0.15, 0.2) is 5.69 Å². The number of hydrogen-bond donors (Lipinski definition) is 1. The molecule has 0 bridgehead atoms. The van der Waals surface area contributed by atoms with Gasteiger partial charge in [-0.2, -0.15) is 10.2 Å². The second-order valence-corrected chi connectivity index (χ2v) is 7.11. The van der Waals surface area contributed by atoms with Crippen LogP contribution in [-0.2, 0) is 6.54 Å². The van der Waals surface area contributed by atoms with Gasteiger partial charge in [-0.3, -0.25) is 9.59 Å². The van der Waals surface area contributed by atoms with Gasteiger partial charge in [-0.15, -0.1) is 0 Å². The second-order valence-electron chi connectivity index (χ2n) is 7.11. The van der Waals surface area contributed by atoms with Crippen LogP contribution >= 0.6 is 0 Å². The van der Waals surface area contributed by atoms with Crippen LogP contribution < -0.4 is 11.0 Å². The van der Waals surface area contributed by atoms with Crippen LogP contribution in [0.4, 0.5) is 0 Å². The molecule has 6 nitrogen and oxygen atoms in total. The summed E-state index contributed by atoms with van der Waals surface area (Å²) in [6.45, 7) is 0.294. The summed E-state index contributed by atoms with van der Waals surface area (Å²) < 4.78 is 1.34. The zero-order chi connectivity index (χ0) is 20.1. The summed E-state index contributed by atoms with van der Waals surface area (Å²) in [6.07, 6.45) is 9.07. The number of allylic oxidation sites excluding steroid dienone is 2. The monoisotopic (exact) mass is 386 g/mol. The van der Waals surface area contributed by atoms with Gasteiger partial charge in [0.05, 0.1) is 11.9 Å². The summed E-state index contributed by atoms with van der Waals surface area (Å²) in [4.78, 5) is 25.7. The molecule has 0 unspecified atom stereocenters. The molecule has 0 saturated carbocycles. The summed E-state index contributed by atoms with van der Waals surface area (Å²) in [6, 6.07) is 16.6. The minimum absolute atomic E-state index is 0.192. The van der Waals surface area contributed by atoms with Crippen molar-refractivity contribution in [3.05, 3.63) is 88.4 Å². The van der Waals surface area contributed by atoms with Gasteiger partial charge in [0.25, 0.3) is 11.5 Å². The smallest absolute Gasteiger partial charge is 0.267 e. The van der Waals surface area contributed by atoms with E-state index in [0.29, 0.717) is 23.2 Å². The Morgan fingerprint density at radius 1 is 1.10 bits per heavy atom. The summed E-state index contributed by atoms with van der Waals surface area (Å²) in [7, 11) is 0. The fourth-order valence-corrected chi connectivity index (χ4v) is 3.47. The molecule has 1 heterocycles. The highest BCUT2D eigenvalue weighted by Gasteiger charge is 2.16. The first kappa shape index (κ1) is 18.8. The number of nitrogens with zero attached hydrogens (tertiary/aromatic N) is 3. The van der Waals surface area contributed by atoms with Gasteiger partial charge in [0, 0.05) is 11.6 Å². The van der Waals surface area contributed by atoms with Gasteiger partial charge in [0.2, 0.25) is 0 Å². The molecule has 2 aromatic carbocycles. The first-order valence-electron chi connectivity index (χ1n) is 9.74. The Bertz CT molecular complexity index is 1130. The van der Waals surface area contributed by atoms with Gasteiger partial charge in [-0.05, 0) is 36.8 Å². The van der Waals surface area contributed by atoms with Crippen LogP contribution in [-0.4, -0.2) is 21.9 Å². The molecule has 0 aliphatic heterocycles. The van der Waals surface area contributed by atoms with E-state index in [2.05, 4.69) is 27.8 Å². The fourth-order valence-electron chi connectivity index (χ4n) is 3.47. The second kappa shape index (κ2) is 8.65. The molecule has 146 valence electrons. The van der Waals surface area contributed by atoms with Gasteiger partial charge < -0.3 is 0 Å². The van der Waals surface area contributed by atoms with Crippen molar-refractivity contribution >= 4 is 22.9 Å². The minimum Gasteiger partial charge on any atom is -0.267 e. The first-order chi connectivity index (χ1) is 14.2. The lowest BCUT2D eigenvalue weighted by atomic mass is 9.96. The quantitative estimate of drug-likeness (QED) is 0.414. The number of amides is 1. The van der Waals surface area contributed by atoms with Gasteiger partial charge in [-0.1, -0.05) is 60.7 Å². The Morgan fingerprint density at radius 2 is 1.86 bits per heavy atom. The third-order valence-electron chi connectivity index (χ3n) is 5.02. The fraction of sp³-hybridized carbons (Fsp3) is 0.217. The van der Waals surface area contributed by atoms with E-state index >= 15 is 0 Å². The molecule has 1 amide bonds. The average Bonchev–Trinajstić information content (AvgIpc) is 2.77. The molecular weight excluding hydrogens is 364 g/mol. The van der Waals surface area contributed by atoms with Crippen molar-refractivity contribution in [2.75, 3.05) is 0 Å². The number of hydrazone groups is 1. The SMILES string of the molecule is O=C(N/N=C\[C@H]1CC=CCC1)c1nn(Cc2ccccc2)c(=O)c2ccccc12. The molecule has 0 spiro atoms. The van der Waals surface area contributed by atoms with Gasteiger partial charge in [0.1, 0.15) is 0 Å². The van der Waals surface area contributed by atoms with Crippen molar-refractivity contribution in [2.45, 2.75) is 25.8 Å². The third kappa shape index (κ3) is 4.32. The Morgan fingerprint density at radius 3 is 2.62 bits per heavy atom. The highest BCUT2D eigenvalue weighted by molar-refractivity contribution is 6.04. The highest BCUT2D eigenvalue weighted by Crippen LogP contribution is 2.16. The van der Waals surface area contributed by atoms with Crippen molar-refractivity contribution in [3.8, 4) is 0 Å². The van der Waals surface area contributed by atoms with E-state index < -0.39 is 5.91 Å². The lowest BCUT2D eigenvalue weighted by molar-refractivity contribution is 0.0949. The molecule has 29 heavy (non-hydrogen) atoms. The Balaban J connectivity index is 1.64. The lowest BCUT2D eigenvalue weighted by Crippen LogP contribution is -2.29. The van der Waals surface area contributed by atoms with E-state index in [4.69, 9.17) is 0 Å². The summed E-state index contributed by atoms with van der Waals surface area (Å²) >= 11 is 0. The molecule has 1 N–H and O–H groups in total. The number of hydrogen-bond acceptors (Lipinski definition) is 4. The van der Waals surface area contributed by atoms with E-state index in [0.717, 1.165) is 24.8 Å². The molecule has 1 aliphatic carbocycles. The maximum absolute atomic E-state index is 12.9. The van der Waals surface area contributed by atoms with Crippen molar-refractivity contribution in [3.63, 3.8) is 0 Å². The maximum Gasteiger partial charge on any atom is 0.292 e. The van der Waals surface area contributed by atoms with Crippen LogP contribution in [0.15, 0.2) is 76.6 Å². The zero-order valence-electron chi connectivity index (χ0n) is 16.0. The maximum atomic E-state index is 12.9. The molecule has 1 aromatic heterocycles. The molecular formula is C23H22N4O2. The molecule has 0 fully saturated rings. The molecule has 0 radical (unpaired) electrons. The summed E-state index contributed by atoms with van der Waals surface area (Å²) in [5.74, 6) is -0.0948. The van der Waals surface area contributed by atoms with Gasteiger partial charge >= 0.3 is 0 Å². The van der Waals surface area contributed by atoms with E-state index in [-0.39, 0.29) is 11.3 Å². The van der Waals surface area contributed by atoms with Crippen LogP contribution in [0.2, 0.25) is 0 Å². The van der Waals surface area contributed by atoms with Crippen molar-refractivity contribution in [2.24, 2.45) is 11.0 Å². The number of carbonyl (C=O) groups is 1. The predicted octanol–water partition coefficient (Wildman–Crippen LogP) is 3.52. The third-order valence-corrected chi connectivity index (χ3v) is 5.02. The molecule has 1 atom stereocenters. The largest absolute Gasteiger partial charge is 0.292 e. The predicted molar refractivity (Wildman–Crippen MR) is 114 cm³/mol. The van der Waals surface area contributed by atoms with Crippen LogP contribution in [0.25, 0.3) is 10.8 Å². The van der Waals surface area contributed by atoms with Crippen molar-refractivity contribution in [1.82, 2.24) is 15.2 Å². The van der Waals surface area contributed by atoms with Crippen molar-refractivity contribution < 1.29 is 4.79 Å². The Labute approximate surface area is 168 Å². The molecule has 1 aliphatic rings. The summed E-state index contributed by atoms with van der Waals surface area (Å²) in [5, 5.41) is 9.48. The van der Waals surface area contributed by atoms with Crippen molar-refractivity contribution in [1.29, 1.82) is 0 Å². The normalized spacial score (nSPS) is 16.3. The Kier molecular flexibility index (Phi) is 5.61. The number of rotatable bonds is 5. The first-order valence-corrected chi connectivity index (χ1v) is 9.74. The number of aromatic nitrogens is 2.